The van der Waals surface area contributed by atoms with Gasteiger partial charge in [0, 0.05) is 30.4 Å². The Morgan fingerprint density at radius 1 is 0.882 bits per heavy atom. The maximum absolute atomic E-state index is 13.1. The highest BCUT2D eigenvalue weighted by Gasteiger charge is 2.42. The molecule has 2 aliphatic rings. The van der Waals surface area contributed by atoms with Crippen LogP contribution in [0.3, 0.4) is 0 Å². The fourth-order valence-corrected chi connectivity index (χ4v) is 7.45. The molecule has 2 fully saturated rings. The van der Waals surface area contributed by atoms with Crippen LogP contribution >= 0.6 is 11.6 Å². The Balaban J connectivity index is 1.49. The molecule has 2 saturated heterocycles. The molecule has 4 rings (SSSR count). The molecule has 0 aliphatic carbocycles. The van der Waals surface area contributed by atoms with Gasteiger partial charge in [0.15, 0.2) is 0 Å². The van der Waals surface area contributed by atoms with Crippen molar-refractivity contribution in [1.29, 1.82) is 0 Å². The lowest BCUT2D eigenvalue weighted by molar-refractivity contribution is 0.0700. The van der Waals surface area contributed by atoms with Crippen molar-refractivity contribution in [1.82, 2.24) is 8.61 Å². The van der Waals surface area contributed by atoms with E-state index in [1.54, 1.807) is 10.4 Å². The summed E-state index contributed by atoms with van der Waals surface area (Å²) < 4.78 is 55.6. The second-order valence-electron chi connectivity index (χ2n) is 8.15. The molecule has 2 aromatic carbocycles. The minimum absolute atomic E-state index is 0.0192. The molecule has 0 saturated carbocycles. The van der Waals surface area contributed by atoms with Gasteiger partial charge < -0.3 is 10.1 Å². The van der Waals surface area contributed by atoms with Crippen molar-refractivity contribution in [3.8, 4) is 0 Å². The van der Waals surface area contributed by atoms with Crippen LogP contribution in [0.15, 0.2) is 52.3 Å². The van der Waals surface area contributed by atoms with Crippen LogP contribution in [-0.4, -0.2) is 63.0 Å². The highest BCUT2D eigenvalue weighted by atomic mass is 35.5. The average Bonchev–Trinajstić information content (AvgIpc) is 2.86. The number of amides is 1. The molecule has 2 heterocycles. The molecule has 2 aromatic rings. The number of hydrogen-bond acceptors (Lipinski definition) is 4. The van der Waals surface area contributed by atoms with Crippen molar-refractivity contribution >= 4 is 44.0 Å². The van der Waals surface area contributed by atoms with E-state index in [1.165, 1.54) is 40.7 Å². The van der Waals surface area contributed by atoms with Gasteiger partial charge in [-0.25, -0.2) is 0 Å². The first-order valence-electron chi connectivity index (χ1n) is 11.0. The number of benzene rings is 2. The molecular weight excluding hydrogens is 502 g/mol. The van der Waals surface area contributed by atoms with Gasteiger partial charge in [0.2, 0.25) is 9.79 Å². The number of rotatable bonds is 6. The number of hydrogen-bond donors (Lipinski definition) is 3. The van der Waals surface area contributed by atoms with E-state index in [9.17, 15) is 22.3 Å². The van der Waals surface area contributed by atoms with Gasteiger partial charge in [-0.15, -0.1) is 0 Å². The summed E-state index contributed by atoms with van der Waals surface area (Å²) >= 11 is 6.21. The third-order valence-corrected chi connectivity index (χ3v) is 10.3. The normalized spacial score (nSPS) is 21.4. The monoisotopic (exact) mass is 529 g/mol. The zero-order valence-electron chi connectivity index (χ0n) is 18.5. The minimum atomic E-state index is -3.59. The number of anilines is 1. The van der Waals surface area contributed by atoms with Gasteiger partial charge in [-0.1, -0.05) is 26.6 Å². The molecule has 0 radical (unpaired) electrons. The number of ether oxygens (including phenoxy) is 1. The van der Waals surface area contributed by atoms with Crippen LogP contribution in [0.5, 0.6) is 0 Å². The van der Waals surface area contributed by atoms with Crippen LogP contribution in [-0.2, 0) is 34.0 Å². The predicted octanol–water partition coefficient (Wildman–Crippen LogP) is 3.90. The summed E-state index contributed by atoms with van der Waals surface area (Å²) in [5.41, 5.74) is 0.592. The van der Waals surface area contributed by atoms with E-state index in [2.05, 4.69) is 5.32 Å². The van der Waals surface area contributed by atoms with E-state index in [-0.39, 0.29) is 20.4 Å². The lowest BCUT2D eigenvalue weighted by atomic mass is 10.2. The third kappa shape index (κ3) is 5.42. The van der Waals surface area contributed by atoms with Crippen molar-refractivity contribution in [2.45, 2.75) is 29.1 Å². The Morgan fingerprint density at radius 3 is 2.15 bits per heavy atom. The van der Waals surface area contributed by atoms with Crippen LogP contribution in [0.2, 0.25) is 5.02 Å². The summed E-state index contributed by atoms with van der Waals surface area (Å²) in [6.45, 7) is 2.41. The van der Waals surface area contributed by atoms with Gasteiger partial charge in [0.05, 0.1) is 26.3 Å². The number of nitrogens with one attached hydrogen (secondary N) is 1. The molecule has 2 atom stereocenters. The van der Waals surface area contributed by atoms with Crippen LogP contribution < -0.4 is 5.32 Å². The zero-order valence-corrected chi connectivity index (χ0v) is 20.9. The second kappa shape index (κ2) is 10.5. The molecule has 0 aromatic heterocycles. The molecule has 0 spiro atoms. The van der Waals surface area contributed by atoms with Crippen molar-refractivity contribution in [3.63, 3.8) is 0 Å². The number of nitrogens with zero attached hydrogens (tertiary/aromatic N) is 2. The first-order chi connectivity index (χ1) is 16.2. The highest BCUT2D eigenvalue weighted by molar-refractivity contribution is 7.95. The van der Waals surface area contributed by atoms with Gasteiger partial charge in [-0.2, -0.15) is 9.11 Å². The van der Waals surface area contributed by atoms with Gasteiger partial charge in [0.25, 0.3) is 5.91 Å². The Morgan fingerprint density at radius 2 is 1.50 bits per heavy atom. The number of carbonyl (C=O) groups is 1. The number of halogens is 1. The lowest BCUT2D eigenvalue weighted by Gasteiger charge is -2.24. The summed E-state index contributed by atoms with van der Waals surface area (Å²) in [4.78, 5) is 13.0. The smallest absolute Gasteiger partial charge is 0.327 e. The van der Waals surface area contributed by atoms with Crippen LogP contribution in [0.25, 0.3) is 0 Å². The van der Waals surface area contributed by atoms with E-state index in [4.69, 9.17) is 16.3 Å². The fourth-order valence-electron chi connectivity index (χ4n) is 3.97. The molecule has 3 N–H and O–H groups in total. The lowest BCUT2D eigenvalue weighted by Crippen LogP contribution is -2.44. The molecule has 9 nitrogen and oxygen atoms in total. The van der Waals surface area contributed by atoms with Crippen molar-refractivity contribution < 1.29 is 27.1 Å². The van der Waals surface area contributed by atoms with E-state index in [0.29, 0.717) is 45.1 Å². The molecular formula is C22H28ClN3O6S2+2. The minimum Gasteiger partial charge on any atom is -0.378 e. The number of piperidine rings is 1. The largest absolute Gasteiger partial charge is 0.378 e. The standard InChI is InChI=1S/C22H26ClN3O6S2/c23-20-9-6-18(16-21(20)34(30,31)26-12-14-32-15-13-26)24-22(27)17-4-7-19(8-5-17)33(28,29)25-10-2-1-3-11-25/h4-9,16H,1-3,10-15H2,(H-2,24,27,28,29,30,31)/p+2. The Hall–Kier alpha value is -1.70. The molecule has 184 valence electrons. The topological polar surface area (TPSA) is 119 Å². The van der Waals surface area contributed by atoms with Gasteiger partial charge >= 0.3 is 20.8 Å². The van der Waals surface area contributed by atoms with Crippen LogP contribution in [0.4, 0.5) is 5.69 Å². The first kappa shape index (κ1) is 25.4. The molecule has 0 bridgehead atoms. The first-order valence-corrected chi connectivity index (χ1v) is 14.3. The molecule has 34 heavy (non-hydrogen) atoms. The summed E-state index contributed by atoms with van der Waals surface area (Å²) in [6, 6.07) is 10.4. The summed E-state index contributed by atoms with van der Waals surface area (Å²) in [7, 11) is -6.93. The van der Waals surface area contributed by atoms with Crippen molar-refractivity contribution in [2.75, 3.05) is 44.7 Å². The van der Waals surface area contributed by atoms with Gasteiger partial charge in [0.1, 0.15) is 5.02 Å². The third-order valence-electron chi connectivity index (χ3n) is 5.88. The quantitative estimate of drug-likeness (QED) is 0.488. The van der Waals surface area contributed by atoms with Crippen LogP contribution in [0, 0.1) is 0 Å². The second-order valence-corrected chi connectivity index (χ2v) is 12.5. The number of morpholine rings is 1. The predicted molar refractivity (Wildman–Crippen MR) is 132 cm³/mol. The van der Waals surface area contributed by atoms with E-state index in [0.717, 1.165) is 19.3 Å². The summed E-state index contributed by atoms with van der Waals surface area (Å²) in [5.74, 6) is -0.460. The molecule has 12 heteroatoms. The van der Waals surface area contributed by atoms with Gasteiger partial charge in [-0.3, -0.25) is 4.79 Å². The summed E-state index contributed by atoms with van der Waals surface area (Å²) in [5, 5.41) is 2.82. The Kier molecular flexibility index (Phi) is 7.85. The molecule has 1 amide bonds. The van der Waals surface area contributed by atoms with Crippen molar-refractivity contribution in [3.05, 3.63) is 53.1 Å². The molecule has 2 unspecified atom stereocenters. The van der Waals surface area contributed by atoms with E-state index in [1.807, 2.05) is 0 Å². The Labute approximate surface area is 206 Å². The average molecular weight is 530 g/mol. The van der Waals surface area contributed by atoms with E-state index >= 15 is 0 Å². The van der Waals surface area contributed by atoms with Crippen molar-refractivity contribution in [2.24, 2.45) is 0 Å². The highest BCUT2D eigenvalue weighted by Crippen LogP contribution is 2.32. The maximum atomic E-state index is 13.1. The zero-order chi connectivity index (χ0) is 24.3. The fraction of sp³-hybridized carbons (Fsp3) is 0.409. The molecule has 2 aliphatic heterocycles. The van der Waals surface area contributed by atoms with E-state index < -0.39 is 26.7 Å². The SMILES string of the molecule is O=C(Nc1ccc(Cl)c([S+](=O)(O)N2CCOCC2)c1)c1ccc([S+](=O)(O)N2CCCCC2)cc1. The van der Waals surface area contributed by atoms with Crippen LogP contribution in [0.1, 0.15) is 29.6 Å². The summed E-state index contributed by atoms with van der Waals surface area (Å²) in [6.07, 6.45) is 2.81. The Bertz CT molecular complexity index is 1130. The number of carbonyl (C=O) groups excluding carboxylic acids is 1. The van der Waals surface area contributed by atoms with Gasteiger partial charge in [-0.05, 0) is 57.7 Å². The maximum Gasteiger partial charge on any atom is 0.327 e.